The van der Waals surface area contributed by atoms with Crippen LogP contribution in [-0.4, -0.2) is 24.5 Å². The summed E-state index contributed by atoms with van der Waals surface area (Å²) in [5.74, 6) is -2.58. The van der Waals surface area contributed by atoms with Gasteiger partial charge in [-0.05, 0) is 60.4 Å². The molecule has 0 radical (unpaired) electrons. The summed E-state index contributed by atoms with van der Waals surface area (Å²) in [5.41, 5.74) is 2.87. The van der Waals surface area contributed by atoms with Gasteiger partial charge in [0.1, 0.15) is 11.9 Å². The highest BCUT2D eigenvalue weighted by molar-refractivity contribution is 7.89. The van der Waals surface area contributed by atoms with Crippen molar-refractivity contribution in [1.82, 2.24) is 14.9 Å². The van der Waals surface area contributed by atoms with Gasteiger partial charge in [-0.3, -0.25) is 4.79 Å². The summed E-state index contributed by atoms with van der Waals surface area (Å²) < 4.78 is 48.7. The SMILES string of the molecule is Cc1ccc(F)c([C@@H](C)[C@H](NS(=O)(=O)c2ccc3c(c2)CC(=O)N3)c2n[nH]c(=O)o2)c1C. The molecule has 2 aromatic carbocycles. The number of amides is 1. The van der Waals surface area contributed by atoms with Crippen LogP contribution in [0.5, 0.6) is 0 Å². The Labute approximate surface area is 183 Å². The monoisotopic (exact) mass is 460 g/mol. The van der Waals surface area contributed by atoms with E-state index < -0.39 is 33.6 Å². The van der Waals surface area contributed by atoms with Crippen molar-refractivity contribution in [2.45, 2.75) is 44.0 Å². The fourth-order valence-corrected chi connectivity index (χ4v) is 5.20. The van der Waals surface area contributed by atoms with E-state index in [9.17, 15) is 22.4 Å². The number of anilines is 1. The van der Waals surface area contributed by atoms with Gasteiger partial charge < -0.3 is 9.73 Å². The number of aromatic amines is 1. The number of nitrogens with zero attached hydrogens (tertiary/aromatic N) is 1. The normalized spacial score (nSPS) is 15.3. The number of benzene rings is 2. The lowest BCUT2D eigenvalue weighted by atomic mass is 9.88. The highest BCUT2D eigenvalue weighted by Gasteiger charge is 2.34. The minimum atomic E-state index is -4.15. The highest BCUT2D eigenvalue weighted by Crippen LogP contribution is 2.35. The molecule has 2 heterocycles. The Bertz CT molecular complexity index is 1380. The first-order valence-corrected chi connectivity index (χ1v) is 11.3. The van der Waals surface area contributed by atoms with E-state index in [1.165, 1.54) is 24.3 Å². The summed E-state index contributed by atoms with van der Waals surface area (Å²) in [4.78, 5) is 23.1. The molecule has 1 aromatic heterocycles. The molecule has 4 rings (SSSR count). The molecule has 1 amide bonds. The van der Waals surface area contributed by atoms with E-state index in [1.54, 1.807) is 19.9 Å². The number of carbonyl (C=O) groups is 1. The van der Waals surface area contributed by atoms with Gasteiger partial charge in [-0.2, -0.15) is 4.72 Å². The molecule has 3 aromatic rings. The van der Waals surface area contributed by atoms with Gasteiger partial charge in [-0.1, -0.05) is 13.0 Å². The first-order valence-electron chi connectivity index (χ1n) is 9.83. The van der Waals surface area contributed by atoms with Crippen molar-refractivity contribution in [3.63, 3.8) is 0 Å². The van der Waals surface area contributed by atoms with Gasteiger partial charge in [0, 0.05) is 11.6 Å². The van der Waals surface area contributed by atoms with E-state index in [-0.39, 0.29) is 28.7 Å². The van der Waals surface area contributed by atoms with E-state index >= 15 is 0 Å². The number of hydrogen-bond donors (Lipinski definition) is 3. The van der Waals surface area contributed by atoms with Crippen molar-refractivity contribution in [1.29, 1.82) is 0 Å². The summed E-state index contributed by atoms with van der Waals surface area (Å²) in [7, 11) is -4.15. The molecular formula is C21H21FN4O5S. The second kappa shape index (κ2) is 7.99. The van der Waals surface area contributed by atoms with Gasteiger partial charge >= 0.3 is 5.76 Å². The lowest BCUT2D eigenvalue weighted by Crippen LogP contribution is -2.33. The number of fused-ring (bicyclic) bond motifs is 1. The Morgan fingerprint density at radius 2 is 1.94 bits per heavy atom. The van der Waals surface area contributed by atoms with Crippen LogP contribution in [0, 0.1) is 19.7 Å². The zero-order valence-corrected chi connectivity index (χ0v) is 18.3. The van der Waals surface area contributed by atoms with E-state index in [0.717, 1.165) is 5.56 Å². The van der Waals surface area contributed by atoms with Crippen LogP contribution in [0.2, 0.25) is 0 Å². The molecule has 0 unspecified atom stereocenters. The molecule has 1 aliphatic rings. The molecule has 1 aliphatic heterocycles. The third-order valence-corrected chi connectivity index (χ3v) is 7.14. The Morgan fingerprint density at radius 3 is 2.62 bits per heavy atom. The summed E-state index contributed by atoms with van der Waals surface area (Å²) in [6.07, 6.45) is 0.0699. The number of H-pyrrole nitrogens is 1. The molecule has 32 heavy (non-hydrogen) atoms. The maximum absolute atomic E-state index is 14.8. The van der Waals surface area contributed by atoms with Crippen LogP contribution in [-0.2, 0) is 21.2 Å². The van der Waals surface area contributed by atoms with Gasteiger partial charge in [-0.15, -0.1) is 5.10 Å². The van der Waals surface area contributed by atoms with Crippen molar-refractivity contribution in [2.75, 3.05) is 5.32 Å². The number of halogens is 1. The molecule has 0 saturated carbocycles. The van der Waals surface area contributed by atoms with Crippen LogP contribution in [0.4, 0.5) is 10.1 Å². The van der Waals surface area contributed by atoms with E-state index in [0.29, 0.717) is 16.8 Å². The standard InChI is InChI=1S/C21H21FN4O5S/c1-10-4-6-15(22)18(11(10)2)12(3)19(20-24-25-21(28)31-20)26-32(29,30)14-5-7-16-13(8-14)9-17(27)23-16/h4-8,12,19,26H,9H2,1-3H3,(H,23,27)(H,25,28)/t12-,19+/m1/s1. The zero-order chi connectivity index (χ0) is 23.2. The third kappa shape index (κ3) is 3.96. The average molecular weight is 460 g/mol. The van der Waals surface area contributed by atoms with Crippen LogP contribution in [0.1, 0.15) is 47.0 Å². The predicted molar refractivity (Wildman–Crippen MR) is 113 cm³/mol. The number of nitrogens with one attached hydrogen (secondary N) is 3. The fraction of sp³-hybridized carbons (Fsp3) is 0.286. The fourth-order valence-electron chi connectivity index (χ4n) is 3.88. The summed E-state index contributed by atoms with van der Waals surface area (Å²) in [6.45, 7) is 5.18. The van der Waals surface area contributed by atoms with Gasteiger partial charge in [0.15, 0.2) is 0 Å². The van der Waals surface area contributed by atoms with E-state index in [2.05, 4.69) is 20.2 Å². The van der Waals surface area contributed by atoms with Crippen LogP contribution < -0.4 is 15.8 Å². The molecular weight excluding hydrogens is 439 g/mol. The Balaban J connectivity index is 1.76. The average Bonchev–Trinajstić information content (AvgIpc) is 3.33. The second-order valence-electron chi connectivity index (χ2n) is 7.79. The molecule has 9 nitrogen and oxygen atoms in total. The molecule has 11 heteroatoms. The third-order valence-electron chi connectivity index (χ3n) is 5.70. The summed E-state index contributed by atoms with van der Waals surface area (Å²) in [5, 5.41) is 8.54. The Hall–Kier alpha value is -3.31. The van der Waals surface area contributed by atoms with Crippen LogP contribution >= 0.6 is 0 Å². The number of carbonyl (C=O) groups excluding carboxylic acids is 1. The van der Waals surface area contributed by atoms with E-state index in [4.69, 9.17) is 4.42 Å². The summed E-state index contributed by atoms with van der Waals surface area (Å²) >= 11 is 0. The summed E-state index contributed by atoms with van der Waals surface area (Å²) in [6, 6.07) is 6.03. The highest BCUT2D eigenvalue weighted by atomic mass is 32.2. The number of rotatable bonds is 6. The van der Waals surface area contributed by atoms with E-state index in [1.807, 2.05) is 6.92 Å². The molecule has 0 fully saturated rings. The maximum Gasteiger partial charge on any atom is 0.434 e. The molecule has 3 N–H and O–H groups in total. The zero-order valence-electron chi connectivity index (χ0n) is 17.5. The van der Waals surface area contributed by atoms with Gasteiger partial charge in [-0.25, -0.2) is 22.7 Å². The van der Waals surface area contributed by atoms with Gasteiger partial charge in [0.05, 0.1) is 11.3 Å². The van der Waals surface area contributed by atoms with Crippen LogP contribution in [0.25, 0.3) is 0 Å². The quantitative estimate of drug-likeness (QED) is 0.517. The first kappa shape index (κ1) is 21.9. The molecule has 168 valence electrons. The molecule has 0 aliphatic carbocycles. The first-order chi connectivity index (χ1) is 15.1. The van der Waals surface area contributed by atoms with Gasteiger partial charge in [0.2, 0.25) is 21.8 Å². The lowest BCUT2D eigenvalue weighted by molar-refractivity contribution is -0.115. The van der Waals surface area contributed by atoms with Crippen molar-refractivity contribution < 1.29 is 22.0 Å². The molecule has 2 atom stereocenters. The van der Waals surface area contributed by atoms with Crippen molar-refractivity contribution in [3.05, 3.63) is 74.8 Å². The number of sulfonamides is 1. The number of aromatic nitrogens is 2. The molecule has 0 saturated heterocycles. The van der Waals surface area contributed by atoms with Gasteiger partial charge in [0.25, 0.3) is 0 Å². The van der Waals surface area contributed by atoms with Crippen molar-refractivity contribution in [2.24, 2.45) is 0 Å². The maximum atomic E-state index is 14.8. The van der Waals surface area contributed by atoms with Crippen LogP contribution in [0.3, 0.4) is 0 Å². The number of aryl methyl sites for hydroxylation is 1. The molecule has 0 spiro atoms. The minimum Gasteiger partial charge on any atom is -0.391 e. The second-order valence-corrected chi connectivity index (χ2v) is 9.50. The molecule has 0 bridgehead atoms. The number of hydrogen-bond acceptors (Lipinski definition) is 6. The Morgan fingerprint density at radius 1 is 1.19 bits per heavy atom. The predicted octanol–water partition coefficient (Wildman–Crippen LogP) is 2.44. The minimum absolute atomic E-state index is 0.0699. The smallest absolute Gasteiger partial charge is 0.391 e. The lowest BCUT2D eigenvalue weighted by Gasteiger charge is -2.25. The van der Waals surface area contributed by atoms with Crippen molar-refractivity contribution in [3.8, 4) is 0 Å². The van der Waals surface area contributed by atoms with Crippen molar-refractivity contribution >= 4 is 21.6 Å². The largest absolute Gasteiger partial charge is 0.434 e. The van der Waals surface area contributed by atoms with Crippen LogP contribution in [0.15, 0.2) is 44.4 Å². The topological polar surface area (TPSA) is 134 Å². The Kier molecular flexibility index (Phi) is 5.47.